The van der Waals surface area contributed by atoms with Gasteiger partial charge in [-0.25, -0.2) is 4.98 Å². The molecule has 0 radical (unpaired) electrons. The van der Waals surface area contributed by atoms with Crippen LogP contribution in [0, 0.1) is 6.92 Å². The average molecular weight is 288 g/mol. The maximum Gasteiger partial charge on any atom is 0.123 e. The number of hydrogen-bond acceptors (Lipinski definition) is 4. The first kappa shape index (κ1) is 13.7. The summed E-state index contributed by atoms with van der Waals surface area (Å²) in [6, 6.07) is 9.18. The summed E-state index contributed by atoms with van der Waals surface area (Å²) in [7, 11) is 0. The summed E-state index contributed by atoms with van der Waals surface area (Å²) in [5, 5.41) is 10.2. The Bertz CT molecular complexity index is 560. The molecule has 1 N–H and O–H groups in total. The molecule has 2 aromatic rings. The largest absolute Gasteiger partial charge is 0.395 e. The van der Waals surface area contributed by atoms with Crippen molar-refractivity contribution in [2.24, 2.45) is 0 Å². The zero-order valence-electron chi connectivity index (χ0n) is 11.7. The number of aliphatic hydroxyl groups is 1. The van der Waals surface area contributed by atoms with Crippen LogP contribution in [0.4, 0.5) is 0 Å². The number of nitrogens with zero attached hydrogens (tertiary/aromatic N) is 2. The van der Waals surface area contributed by atoms with Crippen molar-refractivity contribution in [3.63, 3.8) is 0 Å². The fourth-order valence-electron chi connectivity index (χ4n) is 2.37. The lowest BCUT2D eigenvalue weighted by Crippen LogP contribution is -2.28. The Hall–Kier alpha value is -1.23. The van der Waals surface area contributed by atoms with Crippen LogP contribution in [0.25, 0.3) is 10.6 Å². The maximum atomic E-state index is 9.15. The number of thiazole rings is 1. The smallest absolute Gasteiger partial charge is 0.123 e. The fourth-order valence-corrected chi connectivity index (χ4v) is 3.31. The molecule has 0 atom stereocenters. The Labute approximate surface area is 123 Å². The first-order valence-corrected chi connectivity index (χ1v) is 7.94. The molecule has 0 spiro atoms. The molecule has 1 heterocycles. The van der Waals surface area contributed by atoms with Crippen LogP contribution in [0.1, 0.15) is 23.3 Å². The highest BCUT2D eigenvalue weighted by atomic mass is 32.1. The van der Waals surface area contributed by atoms with Crippen molar-refractivity contribution >= 4 is 11.3 Å². The van der Waals surface area contributed by atoms with Crippen molar-refractivity contribution in [1.29, 1.82) is 0 Å². The van der Waals surface area contributed by atoms with Gasteiger partial charge in [-0.3, -0.25) is 4.90 Å². The van der Waals surface area contributed by atoms with Gasteiger partial charge in [-0.2, -0.15) is 0 Å². The zero-order valence-corrected chi connectivity index (χ0v) is 12.6. The number of aliphatic hydroxyl groups excluding tert-OH is 1. The Balaban J connectivity index is 1.71. The van der Waals surface area contributed by atoms with Gasteiger partial charge in [0.05, 0.1) is 6.61 Å². The predicted molar refractivity (Wildman–Crippen MR) is 82.8 cm³/mol. The van der Waals surface area contributed by atoms with Crippen LogP contribution >= 0.6 is 11.3 Å². The molecular weight excluding hydrogens is 268 g/mol. The van der Waals surface area contributed by atoms with Crippen LogP contribution < -0.4 is 0 Å². The van der Waals surface area contributed by atoms with E-state index < -0.39 is 0 Å². The van der Waals surface area contributed by atoms with Crippen molar-refractivity contribution in [2.75, 3.05) is 13.2 Å². The molecule has 1 aromatic heterocycles. The summed E-state index contributed by atoms with van der Waals surface area (Å²) < 4.78 is 0. The lowest BCUT2D eigenvalue weighted by Gasteiger charge is -2.19. The molecule has 1 aliphatic rings. The van der Waals surface area contributed by atoms with E-state index in [-0.39, 0.29) is 6.61 Å². The summed E-state index contributed by atoms with van der Waals surface area (Å²) in [5.74, 6) is 0. The highest BCUT2D eigenvalue weighted by Crippen LogP contribution is 2.31. The number of benzene rings is 1. The first-order chi connectivity index (χ1) is 9.76. The quantitative estimate of drug-likeness (QED) is 0.887. The van der Waals surface area contributed by atoms with E-state index in [1.165, 1.54) is 28.8 Å². The summed E-state index contributed by atoms with van der Waals surface area (Å²) in [4.78, 5) is 8.18. The van der Waals surface area contributed by atoms with Crippen LogP contribution in [-0.4, -0.2) is 34.2 Å². The highest BCUT2D eigenvalue weighted by molar-refractivity contribution is 7.15. The summed E-state index contributed by atoms with van der Waals surface area (Å²) in [5.41, 5.74) is 2.46. The van der Waals surface area contributed by atoms with Gasteiger partial charge < -0.3 is 5.11 Å². The van der Waals surface area contributed by atoms with E-state index in [9.17, 15) is 0 Å². The summed E-state index contributed by atoms with van der Waals surface area (Å²) >= 11 is 1.76. The van der Waals surface area contributed by atoms with E-state index in [4.69, 9.17) is 5.11 Å². The normalized spacial score (nSPS) is 14.9. The van der Waals surface area contributed by atoms with Crippen molar-refractivity contribution in [1.82, 2.24) is 9.88 Å². The van der Waals surface area contributed by atoms with E-state index in [2.05, 4.69) is 41.1 Å². The first-order valence-electron chi connectivity index (χ1n) is 7.13. The van der Waals surface area contributed by atoms with Gasteiger partial charge in [0, 0.05) is 35.8 Å². The van der Waals surface area contributed by atoms with Gasteiger partial charge in [0.15, 0.2) is 0 Å². The van der Waals surface area contributed by atoms with Gasteiger partial charge in [-0.15, -0.1) is 11.3 Å². The number of hydrogen-bond donors (Lipinski definition) is 1. The number of aryl methyl sites for hydroxylation is 1. The van der Waals surface area contributed by atoms with Crippen molar-refractivity contribution in [3.05, 3.63) is 40.9 Å². The maximum absolute atomic E-state index is 9.15. The lowest BCUT2D eigenvalue weighted by atomic mass is 10.2. The van der Waals surface area contributed by atoms with Crippen LogP contribution in [0.15, 0.2) is 30.5 Å². The van der Waals surface area contributed by atoms with E-state index >= 15 is 0 Å². The molecule has 4 heteroatoms. The predicted octanol–water partition coefficient (Wildman–Crippen LogP) is 3.08. The summed E-state index contributed by atoms with van der Waals surface area (Å²) in [6.45, 7) is 4.01. The van der Waals surface area contributed by atoms with Crippen molar-refractivity contribution < 1.29 is 5.11 Å². The third-order valence-corrected chi connectivity index (χ3v) is 4.69. The van der Waals surface area contributed by atoms with Gasteiger partial charge in [-0.1, -0.05) is 29.8 Å². The standard InChI is InChI=1S/C16H20N2OS/c1-12-2-4-13(5-3-12)16-17-10-15(20-16)11-18(8-9-19)14-6-7-14/h2-5,10,14,19H,6-9,11H2,1H3. The molecular formula is C16H20N2OS. The Morgan fingerprint density at radius 2 is 2.05 bits per heavy atom. The molecule has 0 bridgehead atoms. The Kier molecular flexibility index (Phi) is 4.15. The molecule has 3 nitrogen and oxygen atoms in total. The minimum absolute atomic E-state index is 0.236. The Morgan fingerprint density at radius 1 is 1.30 bits per heavy atom. The second-order valence-electron chi connectivity index (χ2n) is 5.42. The molecule has 0 amide bonds. The lowest BCUT2D eigenvalue weighted by molar-refractivity contribution is 0.184. The van der Waals surface area contributed by atoms with Crippen LogP contribution in [-0.2, 0) is 6.54 Å². The molecule has 0 aliphatic heterocycles. The monoisotopic (exact) mass is 288 g/mol. The van der Waals surface area contributed by atoms with Crippen LogP contribution in [0.5, 0.6) is 0 Å². The van der Waals surface area contributed by atoms with Crippen molar-refractivity contribution in [2.45, 2.75) is 32.4 Å². The highest BCUT2D eigenvalue weighted by Gasteiger charge is 2.28. The second kappa shape index (κ2) is 6.04. The van der Waals surface area contributed by atoms with E-state index in [0.29, 0.717) is 6.04 Å². The van der Waals surface area contributed by atoms with Gasteiger partial charge in [0.2, 0.25) is 0 Å². The van der Waals surface area contributed by atoms with Crippen molar-refractivity contribution in [3.8, 4) is 10.6 Å². The van der Waals surface area contributed by atoms with Gasteiger partial charge >= 0.3 is 0 Å². The van der Waals surface area contributed by atoms with E-state index in [0.717, 1.165) is 18.1 Å². The van der Waals surface area contributed by atoms with Crippen LogP contribution in [0.2, 0.25) is 0 Å². The van der Waals surface area contributed by atoms with E-state index in [1.54, 1.807) is 11.3 Å². The summed E-state index contributed by atoms with van der Waals surface area (Å²) in [6.07, 6.45) is 4.51. The van der Waals surface area contributed by atoms with Crippen LogP contribution in [0.3, 0.4) is 0 Å². The van der Waals surface area contributed by atoms with E-state index in [1.807, 2.05) is 6.20 Å². The molecule has 0 saturated heterocycles. The molecule has 0 unspecified atom stereocenters. The zero-order chi connectivity index (χ0) is 13.9. The molecule has 1 aromatic carbocycles. The fraction of sp³-hybridized carbons (Fsp3) is 0.438. The SMILES string of the molecule is Cc1ccc(-c2ncc(CN(CCO)C3CC3)s2)cc1. The average Bonchev–Trinajstić information content (AvgIpc) is 3.20. The third-order valence-electron chi connectivity index (χ3n) is 3.66. The third kappa shape index (κ3) is 3.26. The minimum atomic E-state index is 0.236. The Morgan fingerprint density at radius 3 is 2.70 bits per heavy atom. The topological polar surface area (TPSA) is 36.4 Å². The molecule has 20 heavy (non-hydrogen) atoms. The minimum Gasteiger partial charge on any atom is -0.395 e. The second-order valence-corrected chi connectivity index (χ2v) is 6.54. The number of aromatic nitrogens is 1. The molecule has 1 fully saturated rings. The number of rotatable bonds is 6. The molecule has 1 saturated carbocycles. The molecule has 106 valence electrons. The van der Waals surface area contributed by atoms with Gasteiger partial charge in [-0.05, 0) is 19.8 Å². The van der Waals surface area contributed by atoms with Gasteiger partial charge in [0.1, 0.15) is 5.01 Å². The molecule has 3 rings (SSSR count). The molecule has 1 aliphatic carbocycles. The van der Waals surface area contributed by atoms with Gasteiger partial charge in [0.25, 0.3) is 0 Å².